The molecule has 2 rings (SSSR count). The number of nitrogens with one attached hydrogen (secondary N) is 1. The molecule has 22 heavy (non-hydrogen) atoms. The number of hydrogen-bond acceptors (Lipinski definition) is 3. The Balaban J connectivity index is 2.17. The molecule has 0 saturated heterocycles. The fraction of sp³-hybridized carbons (Fsp3) is 0.125. The SMILES string of the molecule is COc1ccc(Cl)cc1C(=O)NN=C(C)c1ccc(F)cc1. The molecule has 2 aromatic rings. The number of ether oxygens (including phenoxy) is 1. The maximum absolute atomic E-state index is 12.9. The van der Waals surface area contributed by atoms with Crippen LogP contribution in [0.5, 0.6) is 5.75 Å². The van der Waals surface area contributed by atoms with E-state index in [0.29, 0.717) is 22.0 Å². The summed E-state index contributed by atoms with van der Waals surface area (Å²) in [4.78, 5) is 12.1. The topological polar surface area (TPSA) is 50.7 Å². The molecule has 0 saturated carbocycles. The van der Waals surface area contributed by atoms with Crippen LogP contribution in [0.4, 0.5) is 4.39 Å². The average molecular weight is 321 g/mol. The maximum Gasteiger partial charge on any atom is 0.275 e. The monoisotopic (exact) mass is 320 g/mol. The van der Waals surface area contributed by atoms with Gasteiger partial charge in [0.1, 0.15) is 11.6 Å². The zero-order valence-corrected chi connectivity index (χ0v) is 12.8. The number of carbonyl (C=O) groups is 1. The van der Waals surface area contributed by atoms with Crippen LogP contribution in [0.1, 0.15) is 22.8 Å². The summed E-state index contributed by atoms with van der Waals surface area (Å²) in [5.74, 6) is -0.374. The normalized spacial score (nSPS) is 11.2. The second-order valence-corrected chi connectivity index (χ2v) is 4.93. The van der Waals surface area contributed by atoms with Crippen molar-refractivity contribution >= 4 is 23.2 Å². The molecule has 0 heterocycles. The molecule has 0 radical (unpaired) electrons. The van der Waals surface area contributed by atoms with Gasteiger partial charge in [0, 0.05) is 5.02 Å². The second-order valence-electron chi connectivity index (χ2n) is 4.49. The third-order valence-corrected chi connectivity index (χ3v) is 3.23. The highest BCUT2D eigenvalue weighted by atomic mass is 35.5. The summed E-state index contributed by atoms with van der Waals surface area (Å²) in [6.45, 7) is 1.71. The van der Waals surface area contributed by atoms with Crippen molar-refractivity contribution in [1.29, 1.82) is 0 Å². The van der Waals surface area contributed by atoms with Crippen molar-refractivity contribution in [2.45, 2.75) is 6.92 Å². The highest BCUT2D eigenvalue weighted by Crippen LogP contribution is 2.22. The van der Waals surface area contributed by atoms with E-state index < -0.39 is 5.91 Å². The summed E-state index contributed by atoms with van der Waals surface area (Å²) in [7, 11) is 1.47. The van der Waals surface area contributed by atoms with Crippen LogP contribution in [-0.2, 0) is 0 Å². The molecule has 0 fully saturated rings. The number of hydrazone groups is 1. The Bertz CT molecular complexity index is 715. The largest absolute Gasteiger partial charge is 0.496 e. The number of methoxy groups -OCH3 is 1. The van der Waals surface area contributed by atoms with E-state index in [9.17, 15) is 9.18 Å². The van der Waals surface area contributed by atoms with E-state index in [0.717, 1.165) is 0 Å². The summed E-state index contributed by atoms with van der Waals surface area (Å²) < 4.78 is 18.0. The van der Waals surface area contributed by atoms with Gasteiger partial charge in [-0.15, -0.1) is 0 Å². The van der Waals surface area contributed by atoms with E-state index in [-0.39, 0.29) is 11.4 Å². The molecule has 0 aromatic heterocycles. The lowest BCUT2D eigenvalue weighted by Crippen LogP contribution is -2.20. The van der Waals surface area contributed by atoms with Gasteiger partial charge in [-0.1, -0.05) is 23.7 Å². The Hall–Kier alpha value is -2.40. The number of nitrogens with zero attached hydrogens (tertiary/aromatic N) is 1. The molecule has 0 bridgehead atoms. The van der Waals surface area contributed by atoms with Gasteiger partial charge in [-0.05, 0) is 42.8 Å². The van der Waals surface area contributed by atoms with Gasteiger partial charge in [0.25, 0.3) is 5.91 Å². The van der Waals surface area contributed by atoms with Crippen LogP contribution in [0, 0.1) is 5.82 Å². The number of carbonyl (C=O) groups excluding carboxylic acids is 1. The van der Waals surface area contributed by atoms with Crippen molar-refractivity contribution < 1.29 is 13.9 Å². The third kappa shape index (κ3) is 3.83. The Kier molecular flexibility index (Phi) is 5.12. The highest BCUT2D eigenvalue weighted by Gasteiger charge is 2.12. The molecule has 6 heteroatoms. The molecule has 0 atom stereocenters. The van der Waals surface area contributed by atoms with Crippen molar-refractivity contribution in [2.75, 3.05) is 7.11 Å². The van der Waals surface area contributed by atoms with Gasteiger partial charge in [0.2, 0.25) is 0 Å². The number of rotatable bonds is 4. The first-order valence-corrected chi connectivity index (χ1v) is 6.83. The van der Waals surface area contributed by atoms with E-state index in [4.69, 9.17) is 16.3 Å². The number of halogens is 2. The van der Waals surface area contributed by atoms with Crippen molar-refractivity contribution in [3.8, 4) is 5.75 Å². The molecule has 0 aliphatic carbocycles. The van der Waals surface area contributed by atoms with Crippen molar-refractivity contribution in [1.82, 2.24) is 5.43 Å². The number of hydrogen-bond donors (Lipinski definition) is 1. The van der Waals surface area contributed by atoms with Crippen LogP contribution in [0.25, 0.3) is 0 Å². The standard InChI is InChI=1S/C16H14ClFN2O2/c1-10(11-3-6-13(18)7-4-11)19-20-16(21)14-9-12(17)5-8-15(14)22-2/h3-9H,1-2H3,(H,20,21). The van der Waals surface area contributed by atoms with Crippen molar-refractivity contribution in [3.05, 3.63) is 64.4 Å². The molecule has 0 unspecified atom stereocenters. The van der Waals surface area contributed by atoms with Crippen LogP contribution in [0.15, 0.2) is 47.6 Å². The van der Waals surface area contributed by atoms with Crippen LogP contribution < -0.4 is 10.2 Å². The van der Waals surface area contributed by atoms with E-state index in [2.05, 4.69) is 10.5 Å². The molecule has 114 valence electrons. The molecule has 2 aromatic carbocycles. The molecule has 0 spiro atoms. The Morgan fingerprint density at radius 1 is 1.23 bits per heavy atom. The maximum atomic E-state index is 12.9. The summed E-state index contributed by atoms with van der Waals surface area (Å²) in [6, 6.07) is 10.6. The first kappa shape index (κ1) is 16.0. The Labute approximate surface area is 132 Å². The lowest BCUT2D eigenvalue weighted by atomic mass is 10.1. The molecule has 1 amide bonds. The average Bonchev–Trinajstić information content (AvgIpc) is 2.53. The van der Waals surface area contributed by atoms with Crippen LogP contribution in [-0.4, -0.2) is 18.7 Å². The first-order chi connectivity index (χ1) is 10.5. The summed E-state index contributed by atoms with van der Waals surface area (Å²) in [5, 5.41) is 4.42. The van der Waals surface area contributed by atoms with Gasteiger partial charge in [-0.3, -0.25) is 4.79 Å². The summed E-state index contributed by atoms with van der Waals surface area (Å²) in [6.07, 6.45) is 0. The molecule has 0 aliphatic heterocycles. The quantitative estimate of drug-likeness (QED) is 0.690. The minimum absolute atomic E-state index is 0.283. The predicted molar refractivity (Wildman–Crippen MR) is 84.1 cm³/mol. The van der Waals surface area contributed by atoms with Crippen LogP contribution in [0.3, 0.4) is 0 Å². The first-order valence-electron chi connectivity index (χ1n) is 6.45. The lowest BCUT2D eigenvalue weighted by Gasteiger charge is -2.08. The fourth-order valence-corrected chi connectivity index (χ4v) is 1.98. The minimum Gasteiger partial charge on any atom is -0.496 e. The Morgan fingerprint density at radius 2 is 1.91 bits per heavy atom. The third-order valence-electron chi connectivity index (χ3n) is 2.99. The van der Waals surface area contributed by atoms with Gasteiger partial charge in [-0.2, -0.15) is 5.10 Å². The van der Waals surface area contributed by atoms with Gasteiger partial charge in [-0.25, -0.2) is 9.82 Å². The smallest absolute Gasteiger partial charge is 0.275 e. The molecule has 4 nitrogen and oxygen atoms in total. The van der Waals surface area contributed by atoms with Gasteiger partial charge < -0.3 is 4.74 Å². The second kappa shape index (κ2) is 7.04. The zero-order chi connectivity index (χ0) is 16.1. The molecule has 1 N–H and O–H groups in total. The zero-order valence-electron chi connectivity index (χ0n) is 12.1. The van der Waals surface area contributed by atoms with E-state index in [1.165, 1.54) is 25.3 Å². The minimum atomic E-state index is -0.444. The lowest BCUT2D eigenvalue weighted by molar-refractivity contribution is 0.0952. The van der Waals surface area contributed by atoms with Crippen molar-refractivity contribution in [2.24, 2.45) is 5.10 Å². The van der Waals surface area contributed by atoms with Gasteiger partial charge in [0.05, 0.1) is 18.4 Å². The molecular formula is C16H14ClFN2O2. The van der Waals surface area contributed by atoms with Crippen LogP contribution >= 0.6 is 11.6 Å². The molecule has 0 aliphatic rings. The van der Waals surface area contributed by atoms with E-state index in [1.807, 2.05) is 0 Å². The van der Waals surface area contributed by atoms with Crippen molar-refractivity contribution in [3.63, 3.8) is 0 Å². The molecular weight excluding hydrogens is 307 g/mol. The fourth-order valence-electron chi connectivity index (χ4n) is 1.81. The van der Waals surface area contributed by atoms with Gasteiger partial charge in [0.15, 0.2) is 0 Å². The number of benzene rings is 2. The predicted octanol–water partition coefficient (Wildman–Crippen LogP) is 3.64. The van der Waals surface area contributed by atoms with Crippen LogP contribution in [0.2, 0.25) is 5.02 Å². The highest BCUT2D eigenvalue weighted by molar-refractivity contribution is 6.31. The summed E-state index contributed by atoms with van der Waals surface area (Å²) in [5.41, 5.74) is 3.97. The van der Waals surface area contributed by atoms with E-state index >= 15 is 0 Å². The Morgan fingerprint density at radius 3 is 2.55 bits per heavy atom. The number of amides is 1. The summed E-state index contributed by atoms with van der Waals surface area (Å²) >= 11 is 5.88. The van der Waals surface area contributed by atoms with Gasteiger partial charge >= 0.3 is 0 Å². The van der Waals surface area contributed by atoms with E-state index in [1.54, 1.807) is 31.2 Å².